The monoisotopic (exact) mass is 444 g/mol. The number of halogens is 1. The van der Waals surface area contributed by atoms with Crippen LogP contribution in [0, 0.1) is 12.7 Å². The number of aliphatic hydroxyl groups is 1. The van der Waals surface area contributed by atoms with Crippen molar-refractivity contribution < 1.29 is 19.1 Å². The number of thiazole rings is 1. The highest BCUT2D eigenvalue weighted by molar-refractivity contribution is 7.22. The molecule has 158 valence electrons. The van der Waals surface area contributed by atoms with Gasteiger partial charge < -0.3 is 5.11 Å². The molecular formula is C25H17FN2O3S. The minimum atomic E-state index is -1.01. The summed E-state index contributed by atoms with van der Waals surface area (Å²) in [5, 5.41) is 11.4. The molecule has 0 spiro atoms. The Balaban J connectivity index is 1.74. The number of carbonyl (C=O) groups is 2. The van der Waals surface area contributed by atoms with Crippen molar-refractivity contribution in [2.45, 2.75) is 13.0 Å². The van der Waals surface area contributed by atoms with Gasteiger partial charge in [0.1, 0.15) is 11.6 Å². The van der Waals surface area contributed by atoms with Gasteiger partial charge in [-0.2, -0.15) is 0 Å². The molecular weight excluding hydrogens is 427 g/mol. The molecule has 1 atom stereocenters. The third-order valence-corrected chi connectivity index (χ3v) is 6.46. The molecule has 1 aliphatic rings. The first-order chi connectivity index (χ1) is 15.4. The third-order valence-electron chi connectivity index (χ3n) is 5.42. The molecule has 5 rings (SSSR count). The van der Waals surface area contributed by atoms with Crippen LogP contribution in [0.15, 0.2) is 78.4 Å². The lowest BCUT2D eigenvalue weighted by Gasteiger charge is -2.23. The third kappa shape index (κ3) is 3.27. The smallest absolute Gasteiger partial charge is 0.301 e. The minimum Gasteiger partial charge on any atom is -0.507 e. The number of Topliss-reactive ketones (excluding diaryl/α,β-unsaturated/α-hetero) is 1. The van der Waals surface area contributed by atoms with Gasteiger partial charge in [0.15, 0.2) is 5.13 Å². The zero-order chi connectivity index (χ0) is 22.4. The molecule has 1 aliphatic heterocycles. The summed E-state index contributed by atoms with van der Waals surface area (Å²) in [5.41, 5.74) is 2.35. The topological polar surface area (TPSA) is 70.5 Å². The van der Waals surface area contributed by atoms with Crippen molar-refractivity contribution in [1.82, 2.24) is 4.98 Å². The van der Waals surface area contributed by atoms with Gasteiger partial charge in [-0.25, -0.2) is 9.37 Å². The van der Waals surface area contributed by atoms with Gasteiger partial charge in [0.05, 0.1) is 21.8 Å². The van der Waals surface area contributed by atoms with Gasteiger partial charge in [-0.3, -0.25) is 14.5 Å². The average molecular weight is 444 g/mol. The second kappa shape index (κ2) is 7.69. The lowest BCUT2D eigenvalue weighted by atomic mass is 9.95. The Morgan fingerprint density at radius 3 is 2.50 bits per heavy atom. The highest BCUT2D eigenvalue weighted by Crippen LogP contribution is 2.44. The Hall–Kier alpha value is -3.84. The van der Waals surface area contributed by atoms with Crippen molar-refractivity contribution in [3.8, 4) is 0 Å². The fraction of sp³-hybridized carbons (Fsp3) is 0.0800. The van der Waals surface area contributed by atoms with E-state index in [9.17, 15) is 19.1 Å². The molecule has 2 heterocycles. The second-order valence-electron chi connectivity index (χ2n) is 7.55. The van der Waals surface area contributed by atoms with Crippen LogP contribution in [0.4, 0.5) is 9.52 Å². The predicted octanol–water partition coefficient (Wildman–Crippen LogP) is 5.37. The number of hydrogen-bond donors (Lipinski definition) is 1. The number of ketones is 1. The molecule has 1 aromatic heterocycles. The van der Waals surface area contributed by atoms with Crippen LogP contribution < -0.4 is 4.90 Å². The molecule has 1 fully saturated rings. The number of aryl methyl sites for hydroxylation is 1. The van der Waals surface area contributed by atoms with E-state index >= 15 is 0 Å². The van der Waals surface area contributed by atoms with E-state index in [4.69, 9.17) is 0 Å². The summed E-state index contributed by atoms with van der Waals surface area (Å²) in [4.78, 5) is 32.1. The molecule has 0 bridgehead atoms. The summed E-state index contributed by atoms with van der Waals surface area (Å²) >= 11 is 1.26. The van der Waals surface area contributed by atoms with Crippen LogP contribution in [0.25, 0.3) is 16.0 Å². The van der Waals surface area contributed by atoms with E-state index in [0.717, 1.165) is 10.3 Å². The zero-order valence-corrected chi connectivity index (χ0v) is 17.8. The second-order valence-corrected chi connectivity index (χ2v) is 8.56. The molecule has 3 aromatic carbocycles. The summed E-state index contributed by atoms with van der Waals surface area (Å²) in [6, 6.07) is 19.0. The van der Waals surface area contributed by atoms with E-state index in [0.29, 0.717) is 21.8 Å². The maximum absolute atomic E-state index is 14.1. The average Bonchev–Trinajstić information content (AvgIpc) is 3.32. The fourth-order valence-corrected chi connectivity index (χ4v) is 4.84. The van der Waals surface area contributed by atoms with Crippen LogP contribution in [0.5, 0.6) is 0 Å². The van der Waals surface area contributed by atoms with Gasteiger partial charge in [0.25, 0.3) is 5.78 Å². The zero-order valence-electron chi connectivity index (χ0n) is 16.9. The number of anilines is 1. The van der Waals surface area contributed by atoms with Crippen molar-refractivity contribution in [2.24, 2.45) is 0 Å². The van der Waals surface area contributed by atoms with E-state index in [1.807, 2.05) is 31.2 Å². The van der Waals surface area contributed by atoms with E-state index in [2.05, 4.69) is 4.98 Å². The number of carbonyl (C=O) groups excluding carboxylic acids is 2. The van der Waals surface area contributed by atoms with Gasteiger partial charge >= 0.3 is 5.91 Å². The molecule has 5 nitrogen and oxygen atoms in total. The van der Waals surface area contributed by atoms with E-state index in [1.165, 1.54) is 34.4 Å². The van der Waals surface area contributed by atoms with Crippen molar-refractivity contribution >= 4 is 44.1 Å². The number of fused-ring (bicyclic) bond motifs is 1. The van der Waals surface area contributed by atoms with Crippen molar-refractivity contribution in [3.05, 3.63) is 101 Å². The molecule has 0 aliphatic carbocycles. The SMILES string of the molecule is Cc1ccc(/C(O)=C2/C(=O)C(=O)N(c3nc4ccccc4s3)C2c2cccc(F)c2)cc1. The normalized spacial score (nSPS) is 17.9. The van der Waals surface area contributed by atoms with Crippen molar-refractivity contribution in [1.29, 1.82) is 0 Å². The largest absolute Gasteiger partial charge is 0.507 e. The van der Waals surface area contributed by atoms with Gasteiger partial charge in [-0.05, 0) is 36.8 Å². The molecule has 0 saturated carbocycles. The number of hydrogen-bond acceptors (Lipinski definition) is 5. The predicted molar refractivity (Wildman–Crippen MR) is 122 cm³/mol. The van der Waals surface area contributed by atoms with Crippen LogP contribution in [0.3, 0.4) is 0 Å². The lowest BCUT2D eigenvalue weighted by Crippen LogP contribution is -2.29. The molecule has 1 N–H and O–H groups in total. The maximum atomic E-state index is 14.1. The van der Waals surface area contributed by atoms with Crippen molar-refractivity contribution in [2.75, 3.05) is 4.90 Å². The highest BCUT2D eigenvalue weighted by Gasteiger charge is 2.48. The number of nitrogens with zero attached hydrogens (tertiary/aromatic N) is 2. The molecule has 1 amide bonds. The van der Waals surface area contributed by atoms with Crippen LogP contribution in [-0.2, 0) is 9.59 Å². The highest BCUT2D eigenvalue weighted by atomic mass is 32.1. The molecule has 7 heteroatoms. The first-order valence-corrected chi connectivity index (χ1v) is 10.7. The first kappa shape index (κ1) is 20.1. The van der Waals surface area contributed by atoms with E-state index in [-0.39, 0.29) is 11.3 Å². The number of benzene rings is 3. The summed E-state index contributed by atoms with van der Waals surface area (Å²) in [5.74, 6) is -2.46. The summed E-state index contributed by atoms with van der Waals surface area (Å²) in [7, 11) is 0. The van der Waals surface area contributed by atoms with Crippen molar-refractivity contribution in [3.63, 3.8) is 0 Å². The van der Waals surface area contributed by atoms with Crippen LogP contribution >= 0.6 is 11.3 Å². The van der Waals surface area contributed by atoms with Gasteiger partial charge in [-0.1, -0.05) is 65.4 Å². The molecule has 4 aromatic rings. The molecule has 32 heavy (non-hydrogen) atoms. The Morgan fingerprint density at radius 2 is 1.78 bits per heavy atom. The maximum Gasteiger partial charge on any atom is 0.301 e. The summed E-state index contributed by atoms with van der Waals surface area (Å²) < 4.78 is 15.0. The quantitative estimate of drug-likeness (QED) is 0.262. The summed E-state index contributed by atoms with van der Waals surface area (Å²) in [6.45, 7) is 1.91. The number of amides is 1. The number of rotatable bonds is 3. The Morgan fingerprint density at radius 1 is 1.03 bits per heavy atom. The molecule has 1 saturated heterocycles. The minimum absolute atomic E-state index is 0.0938. The van der Waals surface area contributed by atoms with Gasteiger partial charge in [0, 0.05) is 5.56 Å². The first-order valence-electron chi connectivity index (χ1n) is 9.93. The van der Waals surface area contributed by atoms with E-state index in [1.54, 1.807) is 30.3 Å². The van der Waals surface area contributed by atoms with Gasteiger partial charge in [-0.15, -0.1) is 0 Å². The Labute approximate surface area is 187 Å². The Kier molecular flexibility index (Phi) is 4.83. The van der Waals surface area contributed by atoms with E-state index < -0.39 is 23.5 Å². The fourth-order valence-electron chi connectivity index (χ4n) is 3.85. The standard InChI is InChI=1S/C25H17FN2O3S/c1-14-9-11-15(12-10-14)22(29)20-21(16-5-4-6-17(26)13-16)28(24(31)23(20)30)25-27-18-7-2-3-8-19(18)32-25/h2-13,21,29H,1H3/b22-20-. The molecule has 0 radical (unpaired) electrons. The lowest BCUT2D eigenvalue weighted by molar-refractivity contribution is -0.132. The van der Waals surface area contributed by atoms with Crippen LogP contribution in [0.1, 0.15) is 22.7 Å². The molecule has 1 unspecified atom stereocenters. The Bertz CT molecular complexity index is 1380. The van der Waals surface area contributed by atoms with Crippen LogP contribution in [-0.4, -0.2) is 21.8 Å². The summed E-state index contributed by atoms with van der Waals surface area (Å²) in [6.07, 6.45) is 0. The number of aliphatic hydroxyl groups excluding tert-OH is 1. The number of aromatic nitrogens is 1. The van der Waals surface area contributed by atoms with Crippen LogP contribution in [0.2, 0.25) is 0 Å². The van der Waals surface area contributed by atoms with Gasteiger partial charge in [0.2, 0.25) is 0 Å². The number of para-hydroxylation sites is 1.